The summed E-state index contributed by atoms with van der Waals surface area (Å²) < 4.78 is 5.18. The topological polar surface area (TPSA) is 59.9 Å². The van der Waals surface area contributed by atoms with Gasteiger partial charge in [0.15, 0.2) is 0 Å². The Morgan fingerprint density at radius 3 is 3.10 bits per heavy atom. The van der Waals surface area contributed by atoms with Crippen LogP contribution in [0.5, 0.6) is 5.75 Å². The minimum absolute atomic E-state index is 0.110. The number of rotatable bonds is 5. The molecule has 20 heavy (non-hydrogen) atoms. The van der Waals surface area contributed by atoms with Crippen molar-refractivity contribution in [2.75, 3.05) is 7.11 Å². The molecular formula is C15H20N2O3. The Hall–Kier alpha value is -2.04. The summed E-state index contributed by atoms with van der Waals surface area (Å²) in [6, 6.07) is 7.72. The molecule has 1 aliphatic rings. The minimum Gasteiger partial charge on any atom is -0.497 e. The van der Waals surface area contributed by atoms with E-state index in [9.17, 15) is 4.79 Å². The van der Waals surface area contributed by atoms with Crippen LogP contribution in [0.3, 0.4) is 0 Å². The van der Waals surface area contributed by atoms with Gasteiger partial charge in [0.05, 0.1) is 12.8 Å². The molecule has 1 amide bonds. The highest BCUT2D eigenvalue weighted by atomic mass is 16.6. The highest BCUT2D eigenvalue weighted by Gasteiger charge is 2.29. The van der Waals surface area contributed by atoms with Crippen LogP contribution in [0.15, 0.2) is 29.4 Å². The predicted molar refractivity (Wildman–Crippen MR) is 76.9 cm³/mol. The number of hydrogen-bond donors (Lipinski definition) is 1. The van der Waals surface area contributed by atoms with Crippen molar-refractivity contribution in [3.05, 3.63) is 29.8 Å². The second-order valence-electron chi connectivity index (χ2n) is 4.89. The quantitative estimate of drug-likeness (QED) is 0.896. The Morgan fingerprint density at radius 2 is 2.40 bits per heavy atom. The van der Waals surface area contributed by atoms with Crippen LogP contribution in [0.1, 0.15) is 32.3 Å². The predicted octanol–water partition coefficient (Wildman–Crippen LogP) is 2.10. The summed E-state index contributed by atoms with van der Waals surface area (Å²) in [6.45, 7) is 4.00. The summed E-state index contributed by atoms with van der Waals surface area (Å²) in [4.78, 5) is 17.2. The maximum absolute atomic E-state index is 12.0. The molecule has 0 spiro atoms. The standard InChI is InChI=1S/C15H20N2O3/c1-4-10(2)16-15(18)14-9-13(17-20-14)11-6-5-7-12(8-11)19-3/h5-8,10,14H,4,9H2,1-3H3,(H,16,18)/t10-,14-/m1/s1. The molecule has 0 bridgehead atoms. The van der Waals surface area contributed by atoms with E-state index in [0.29, 0.717) is 6.42 Å². The van der Waals surface area contributed by atoms with Gasteiger partial charge in [-0.25, -0.2) is 0 Å². The first kappa shape index (κ1) is 14.4. The summed E-state index contributed by atoms with van der Waals surface area (Å²) in [5.74, 6) is 0.652. The molecule has 1 aromatic carbocycles. The Balaban J connectivity index is 1.99. The van der Waals surface area contributed by atoms with Gasteiger partial charge in [-0.2, -0.15) is 0 Å². The van der Waals surface area contributed by atoms with Gasteiger partial charge in [0.1, 0.15) is 5.75 Å². The van der Waals surface area contributed by atoms with Crippen LogP contribution in [0.4, 0.5) is 0 Å². The summed E-state index contributed by atoms with van der Waals surface area (Å²) in [5.41, 5.74) is 1.69. The molecule has 2 rings (SSSR count). The normalized spacial score (nSPS) is 18.9. The van der Waals surface area contributed by atoms with Crippen LogP contribution >= 0.6 is 0 Å². The molecule has 0 radical (unpaired) electrons. The Bertz CT molecular complexity index is 514. The summed E-state index contributed by atoms with van der Waals surface area (Å²) in [5, 5.41) is 6.92. The van der Waals surface area contributed by atoms with Gasteiger partial charge in [0.2, 0.25) is 6.10 Å². The first-order valence-corrected chi connectivity index (χ1v) is 6.81. The SMILES string of the molecule is CC[C@@H](C)NC(=O)[C@H]1CC(c2cccc(OC)c2)=NO1. The molecule has 0 saturated carbocycles. The second kappa shape index (κ2) is 6.41. The van der Waals surface area contributed by atoms with Crippen molar-refractivity contribution in [3.8, 4) is 5.75 Å². The molecule has 5 nitrogen and oxygen atoms in total. The molecule has 1 heterocycles. The summed E-state index contributed by atoms with van der Waals surface area (Å²) >= 11 is 0. The molecule has 0 unspecified atom stereocenters. The highest BCUT2D eigenvalue weighted by molar-refractivity contribution is 6.04. The third-order valence-electron chi connectivity index (χ3n) is 3.37. The third kappa shape index (κ3) is 3.29. The largest absolute Gasteiger partial charge is 0.497 e. The van der Waals surface area contributed by atoms with Crippen molar-refractivity contribution in [2.45, 2.75) is 38.8 Å². The number of ether oxygens (including phenoxy) is 1. The maximum Gasteiger partial charge on any atom is 0.264 e. The second-order valence-corrected chi connectivity index (χ2v) is 4.89. The molecular weight excluding hydrogens is 256 g/mol. The van der Waals surface area contributed by atoms with E-state index in [1.807, 2.05) is 38.1 Å². The average molecular weight is 276 g/mol. The number of nitrogens with one attached hydrogen (secondary N) is 1. The zero-order chi connectivity index (χ0) is 14.5. The molecule has 0 aromatic heterocycles. The lowest BCUT2D eigenvalue weighted by Crippen LogP contribution is -2.39. The van der Waals surface area contributed by atoms with Crippen LogP contribution in [0.25, 0.3) is 0 Å². The number of nitrogens with zero attached hydrogens (tertiary/aromatic N) is 1. The molecule has 0 aliphatic carbocycles. The van der Waals surface area contributed by atoms with Crippen molar-refractivity contribution in [3.63, 3.8) is 0 Å². The van der Waals surface area contributed by atoms with E-state index in [0.717, 1.165) is 23.4 Å². The van der Waals surface area contributed by atoms with E-state index in [2.05, 4.69) is 10.5 Å². The van der Waals surface area contributed by atoms with Crippen molar-refractivity contribution in [1.29, 1.82) is 0 Å². The molecule has 108 valence electrons. The minimum atomic E-state index is -0.537. The van der Waals surface area contributed by atoms with E-state index in [-0.39, 0.29) is 11.9 Å². The van der Waals surface area contributed by atoms with Gasteiger partial charge in [0, 0.05) is 18.0 Å². The number of amides is 1. The lowest BCUT2D eigenvalue weighted by atomic mass is 10.0. The summed E-state index contributed by atoms with van der Waals surface area (Å²) in [6.07, 6.45) is 0.836. The zero-order valence-electron chi connectivity index (χ0n) is 12.1. The number of benzene rings is 1. The van der Waals surface area contributed by atoms with E-state index >= 15 is 0 Å². The zero-order valence-corrected chi connectivity index (χ0v) is 12.1. The summed E-state index contributed by atoms with van der Waals surface area (Å²) in [7, 11) is 1.62. The van der Waals surface area contributed by atoms with Gasteiger partial charge in [-0.05, 0) is 25.5 Å². The van der Waals surface area contributed by atoms with Gasteiger partial charge < -0.3 is 14.9 Å². The van der Waals surface area contributed by atoms with Crippen LogP contribution in [-0.4, -0.2) is 30.9 Å². The fraction of sp³-hybridized carbons (Fsp3) is 0.467. The van der Waals surface area contributed by atoms with E-state index in [1.165, 1.54) is 0 Å². The van der Waals surface area contributed by atoms with Gasteiger partial charge in [-0.1, -0.05) is 24.2 Å². The maximum atomic E-state index is 12.0. The Kier molecular flexibility index (Phi) is 4.61. The van der Waals surface area contributed by atoms with Crippen LogP contribution < -0.4 is 10.1 Å². The molecule has 1 N–H and O–H groups in total. The van der Waals surface area contributed by atoms with Crippen molar-refractivity contribution in [1.82, 2.24) is 5.32 Å². The molecule has 1 aromatic rings. The number of carbonyl (C=O) groups is 1. The van der Waals surface area contributed by atoms with Gasteiger partial charge in [-0.3, -0.25) is 4.79 Å². The lowest BCUT2D eigenvalue weighted by molar-refractivity contribution is -0.131. The number of oxime groups is 1. The average Bonchev–Trinajstić information content (AvgIpc) is 2.97. The molecule has 0 fully saturated rings. The number of hydrogen-bond acceptors (Lipinski definition) is 4. The monoisotopic (exact) mass is 276 g/mol. The van der Waals surface area contributed by atoms with Crippen molar-refractivity contribution in [2.24, 2.45) is 5.16 Å². The number of methoxy groups -OCH3 is 1. The van der Waals surface area contributed by atoms with E-state index < -0.39 is 6.10 Å². The van der Waals surface area contributed by atoms with E-state index in [4.69, 9.17) is 9.57 Å². The van der Waals surface area contributed by atoms with Gasteiger partial charge in [0.25, 0.3) is 5.91 Å². The van der Waals surface area contributed by atoms with Crippen LogP contribution in [-0.2, 0) is 9.63 Å². The Morgan fingerprint density at radius 1 is 1.60 bits per heavy atom. The van der Waals surface area contributed by atoms with Crippen molar-refractivity contribution < 1.29 is 14.4 Å². The molecule has 1 aliphatic heterocycles. The van der Waals surface area contributed by atoms with Crippen LogP contribution in [0.2, 0.25) is 0 Å². The van der Waals surface area contributed by atoms with Crippen LogP contribution in [0, 0.1) is 0 Å². The first-order chi connectivity index (χ1) is 9.63. The van der Waals surface area contributed by atoms with Gasteiger partial charge in [-0.15, -0.1) is 0 Å². The first-order valence-electron chi connectivity index (χ1n) is 6.81. The highest BCUT2D eigenvalue weighted by Crippen LogP contribution is 2.20. The van der Waals surface area contributed by atoms with Gasteiger partial charge >= 0.3 is 0 Å². The number of carbonyl (C=O) groups excluding carboxylic acids is 1. The molecule has 5 heteroatoms. The Labute approximate surface area is 118 Å². The molecule has 2 atom stereocenters. The van der Waals surface area contributed by atoms with E-state index in [1.54, 1.807) is 7.11 Å². The fourth-order valence-corrected chi connectivity index (χ4v) is 1.93. The third-order valence-corrected chi connectivity index (χ3v) is 3.37. The fourth-order valence-electron chi connectivity index (χ4n) is 1.93. The molecule has 0 saturated heterocycles. The van der Waals surface area contributed by atoms with Crippen molar-refractivity contribution >= 4 is 11.6 Å². The smallest absolute Gasteiger partial charge is 0.264 e. The lowest BCUT2D eigenvalue weighted by Gasteiger charge is -2.14.